The zero-order chi connectivity index (χ0) is 15.5. The van der Waals surface area contributed by atoms with Gasteiger partial charge in [-0.15, -0.1) is 17.0 Å². The first-order chi connectivity index (χ1) is 9.12. The largest absolute Gasteiger partial charge is 0.744 e. The van der Waals surface area contributed by atoms with Crippen molar-refractivity contribution in [1.82, 2.24) is 0 Å². The Kier molecular flexibility index (Phi) is 7.52. The Hall–Kier alpha value is -0.960. The Bertz CT molecular complexity index is 672. The fourth-order valence-corrected chi connectivity index (χ4v) is 3.48. The van der Waals surface area contributed by atoms with Crippen LogP contribution in [0.3, 0.4) is 0 Å². The molecule has 0 aliphatic rings. The number of thiazole rings is 1. The first kappa shape index (κ1) is 20.0. The Labute approximate surface area is 139 Å². The molecule has 0 aliphatic heterocycles. The summed E-state index contributed by atoms with van der Waals surface area (Å²) in [7, 11) is -4.33. The van der Waals surface area contributed by atoms with Crippen LogP contribution < -0.4 is 10.5 Å². The molecule has 2 rings (SSSR count). The fourth-order valence-electron chi connectivity index (χ4n) is 1.90. The summed E-state index contributed by atoms with van der Waals surface area (Å²) in [5, 5.41) is 2.00. The van der Waals surface area contributed by atoms with Crippen LogP contribution in [0.15, 0.2) is 27.9 Å². The van der Waals surface area contributed by atoms with E-state index in [4.69, 9.17) is 5.84 Å². The third-order valence-corrected chi connectivity index (χ3v) is 4.64. The molecule has 0 amide bonds. The highest BCUT2D eigenvalue weighted by molar-refractivity contribution is 8.93. The molecule has 1 aromatic heterocycles. The lowest BCUT2D eigenvalue weighted by atomic mass is 10.1. The lowest BCUT2D eigenvalue weighted by Crippen LogP contribution is -2.44. The van der Waals surface area contributed by atoms with Gasteiger partial charge in [-0.1, -0.05) is 33.7 Å². The van der Waals surface area contributed by atoms with Gasteiger partial charge >= 0.3 is 0 Å². The van der Waals surface area contributed by atoms with Crippen molar-refractivity contribution in [1.29, 1.82) is 0 Å². The zero-order valence-corrected chi connectivity index (χ0v) is 15.6. The van der Waals surface area contributed by atoms with E-state index < -0.39 is 10.1 Å². The van der Waals surface area contributed by atoms with Crippen LogP contribution in [0.4, 0.5) is 0 Å². The van der Waals surface area contributed by atoms with Crippen molar-refractivity contribution in [2.75, 3.05) is 5.84 Å². The van der Waals surface area contributed by atoms with Gasteiger partial charge in [0.2, 0.25) is 5.69 Å². The van der Waals surface area contributed by atoms with E-state index in [0.717, 1.165) is 11.3 Å². The number of halogens is 1. The number of nitrogen functional groups attached to an aromatic ring is 1. The number of nitrogens with two attached hydrogens (primary N) is 1. The monoisotopic (exact) mass is 394 g/mol. The molecule has 0 aliphatic carbocycles. The van der Waals surface area contributed by atoms with Crippen molar-refractivity contribution in [3.05, 3.63) is 45.4 Å². The normalized spacial score (nSPS) is 10.3. The Balaban J connectivity index is 0.000000425. The van der Waals surface area contributed by atoms with Crippen LogP contribution >= 0.6 is 28.3 Å². The summed E-state index contributed by atoms with van der Waals surface area (Å²) in [4.78, 5) is -0.0851. The van der Waals surface area contributed by atoms with Gasteiger partial charge in [-0.2, -0.15) is 0 Å². The lowest BCUT2D eigenvalue weighted by Gasteiger charge is -2.14. The van der Waals surface area contributed by atoms with Gasteiger partial charge in [0.25, 0.3) is 5.51 Å². The number of rotatable bonds is 1. The third-order valence-electron chi connectivity index (χ3n) is 2.67. The molecule has 0 atom stereocenters. The van der Waals surface area contributed by atoms with Crippen molar-refractivity contribution in [2.24, 2.45) is 0 Å². The molecular formula is C13H19BrN2O3S2. The molecule has 0 radical (unpaired) electrons. The number of hydrogen-bond donors (Lipinski definition) is 1. The van der Waals surface area contributed by atoms with E-state index in [1.165, 1.54) is 0 Å². The highest BCUT2D eigenvalue weighted by Crippen LogP contribution is 2.20. The number of aryl methyl sites for hydroxylation is 4. The summed E-state index contributed by atoms with van der Waals surface area (Å²) in [6, 6.07) is 3.38. The summed E-state index contributed by atoms with van der Waals surface area (Å²) < 4.78 is 34.1. The first-order valence-electron chi connectivity index (χ1n) is 5.86. The molecular weight excluding hydrogens is 376 g/mol. The van der Waals surface area contributed by atoms with Crippen LogP contribution in [-0.4, -0.2) is 13.0 Å². The highest BCUT2D eigenvalue weighted by Gasteiger charge is 2.09. The van der Waals surface area contributed by atoms with E-state index in [2.05, 4.69) is 0 Å². The average molecular weight is 395 g/mol. The van der Waals surface area contributed by atoms with E-state index in [0.29, 0.717) is 11.1 Å². The van der Waals surface area contributed by atoms with Crippen molar-refractivity contribution in [2.45, 2.75) is 32.6 Å². The molecule has 0 fully saturated rings. The predicted octanol–water partition coefficient (Wildman–Crippen LogP) is 2.15. The van der Waals surface area contributed by atoms with Gasteiger partial charge in [0, 0.05) is 6.92 Å². The van der Waals surface area contributed by atoms with Gasteiger partial charge in [0.1, 0.15) is 10.1 Å². The van der Waals surface area contributed by atoms with Gasteiger partial charge in [-0.05, 0) is 31.9 Å². The molecule has 1 heterocycles. The molecule has 8 heteroatoms. The predicted molar refractivity (Wildman–Crippen MR) is 88.3 cm³/mol. The van der Waals surface area contributed by atoms with Gasteiger partial charge in [-0.3, -0.25) is 0 Å². The number of hydrogen-bond acceptors (Lipinski definition) is 5. The minimum Gasteiger partial charge on any atom is -0.744 e. The molecule has 21 heavy (non-hydrogen) atoms. The summed E-state index contributed by atoms with van der Waals surface area (Å²) in [5.41, 5.74) is 4.96. The molecule has 0 spiro atoms. The van der Waals surface area contributed by atoms with Crippen LogP contribution in [0.2, 0.25) is 0 Å². The number of nitrogens with zero attached hydrogens (tertiary/aromatic N) is 1. The smallest absolute Gasteiger partial charge is 0.254 e. The van der Waals surface area contributed by atoms with Crippen LogP contribution in [0.5, 0.6) is 0 Å². The van der Waals surface area contributed by atoms with E-state index in [9.17, 15) is 13.0 Å². The maximum absolute atomic E-state index is 10.8. The van der Waals surface area contributed by atoms with Crippen LogP contribution in [0.25, 0.3) is 0 Å². The molecule has 5 nitrogen and oxygen atoms in total. The number of aromatic nitrogens is 1. The van der Waals surface area contributed by atoms with E-state index >= 15 is 0 Å². The summed E-state index contributed by atoms with van der Waals surface area (Å²) in [5.74, 6) is 5.37. The zero-order valence-electron chi connectivity index (χ0n) is 12.3. The van der Waals surface area contributed by atoms with Gasteiger partial charge in [-0.25, -0.2) is 14.3 Å². The second-order valence-corrected chi connectivity index (χ2v) is 6.63. The Morgan fingerprint density at radius 1 is 1.14 bits per heavy atom. The lowest BCUT2D eigenvalue weighted by molar-refractivity contribution is -0.640. The molecule has 0 unspecified atom stereocenters. The molecule has 0 saturated carbocycles. The van der Waals surface area contributed by atoms with Crippen LogP contribution in [0, 0.1) is 27.7 Å². The van der Waals surface area contributed by atoms with Gasteiger partial charge in [0.05, 0.1) is 10.3 Å². The SMILES string of the molecule is Br.Cc1cc(C)c(S(=O)(=O)[O-])c(C)c1.Cc1csc[n+]1N. The summed E-state index contributed by atoms with van der Waals surface area (Å²) in [6.45, 7) is 7.09. The Morgan fingerprint density at radius 2 is 1.62 bits per heavy atom. The van der Waals surface area contributed by atoms with Crippen molar-refractivity contribution < 1.29 is 17.6 Å². The van der Waals surface area contributed by atoms with Crippen LogP contribution in [0.1, 0.15) is 22.4 Å². The van der Waals surface area contributed by atoms with Crippen molar-refractivity contribution in [3.63, 3.8) is 0 Å². The summed E-state index contributed by atoms with van der Waals surface area (Å²) in [6.07, 6.45) is 0. The second-order valence-electron chi connectivity index (χ2n) is 4.59. The topological polar surface area (TPSA) is 87.1 Å². The van der Waals surface area contributed by atoms with Gasteiger partial charge in [0.15, 0.2) is 0 Å². The minimum absolute atomic E-state index is 0. The summed E-state index contributed by atoms with van der Waals surface area (Å²) >= 11 is 1.60. The second kappa shape index (κ2) is 7.88. The maximum atomic E-state index is 10.8. The highest BCUT2D eigenvalue weighted by atomic mass is 79.9. The third kappa shape index (κ3) is 5.74. The molecule has 0 bridgehead atoms. The molecule has 1 aromatic carbocycles. The Morgan fingerprint density at radius 3 is 1.86 bits per heavy atom. The fraction of sp³-hybridized carbons (Fsp3) is 0.308. The minimum atomic E-state index is -4.33. The van der Waals surface area contributed by atoms with Crippen LogP contribution in [-0.2, 0) is 10.1 Å². The number of benzene rings is 1. The standard InChI is InChI=1S/C9H12O3S.C4H7N2S.BrH/c1-6-4-7(2)9(8(3)5-6)13(10,11)12;1-4-2-7-3-6(4)5;/h4-5H,1-3H3,(H,10,11,12);2-3H,5H2,1H3;1H/q;+1;/p-1. The van der Waals surface area contributed by atoms with Crippen molar-refractivity contribution in [3.8, 4) is 0 Å². The van der Waals surface area contributed by atoms with E-state index in [1.807, 2.05) is 24.7 Å². The molecule has 0 saturated heterocycles. The van der Waals surface area contributed by atoms with E-state index in [1.54, 1.807) is 42.0 Å². The van der Waals surface area contributed by atoms with E-state index in [-0.39, 0.29) is 21.9 Å². The van der Waals surface area contributed by atoms with Gasteiger partial charge < -0.3 is 4.55 Å². The quantitative estimate of drug-likeness (QED) is 0.455. The maximum Gasteiger partial charge on any atom is 0.254 e. The molecule has 118 valence electrons. The average Bonchev–Trinajstić information content (AvgIpc) is 2.60. The molecule has 2 aromatic rings. The molecule has 2 N–H and O–H groups in total. The van der Waals surface area contributed by atoms with Crippen molar-refractivity contribution >= 4 is 38.4 Å². The first-order valence-corrected chi connectivity index (χ1v) is 8.21.